The van der Waals surface area contributed by atoms with Crippen molar-refractivity contribution < 1.29 is 4.79 Å². The van der Waals surface area contributed by atoms with Crippen LogP contribution in [0.15, 0.2) is 18.3 Å². The first-order valence-electron chi connectivity index (χ1n) is 7.22. The number of rotatable bonds is 2. The van der Waals surface area contributed by atoms with Crippen molar-refractivity contribution in [3.8, 4) is 0 Å². The molecule has 2 atom stereocenters. The quantitative estimate of drug-likeness (QED) is 0.910. The topological polar surface area (TPSA) is 59.2 Å². The van der Waals surface area contributed by atoms with Crippen LogP contribution in [0.25, 0.3) is 0 Å². The maximum absolute atomic E-state index is 12.5. The van der Waals surface area contributed by atoms with E-state index in [2.05, 4.69) is 4.98 Å². The zero-order chi connectivity index (χ0) is 13.2. The lowest BCUT2D eigenvalue weighted by atomic mass is 9.82. The van der Waals surface area contributed by atoms with Gasteiger partial charge in [-0.15, -0.1) is 12.4 Å². The van der Waals surface area contributed by atoms with Gasteiger partial charge in [0.15, 0.2) is 0 Å². The van der Waals surface area contributed by atoms with Gasteiger partial charge in [-0.25, -0.2) is 0 Å². The molecule has 0 spiro atoms. The molecular formula is C15H22ClN3O. The van der Waals surface area contributed by atoms with Gasteiger partial charge in [-0.1, -0.05) is 12.8 Å². The molecule has 20 heavy (non-hydrogen) atoms. The molecule has 2 heterocycles. The van der Waals surface area contributed by atoms with Crippen LogP contribution in [-0.2, 0) is 6.54 Å². The number of amides is 1. The molecule has 5 heteroatoms. The maximum atomic E-state index is 12.5. The predicted molar refractivity (Wildman–Crippen MR) is 80.7 cm³/mol. The van der Waals surface area contributed by atoms with Crippen LogP contribution in [0.5, 0.6) is 0 Å². The molecule has 2 fully saturated rings. The Morgan fingerprint density at radius 1 is 1.30 bits per heavy atom. The Kier molecular flexibility index (Phi) is 5.00. The molecular weight excluding hydrogens is 274 g/mol. The second-order valence-electron chi connectivity index (χ2n) is 5.75. The number of likely N-dealkylation sites (tertiary alicyclic amines) is 1. The molecule has 1 saturated carbocycles. The van der Waals surface area contributed by atoms with E-state index < -0.39 is 0 Å². The van der Waals surface area contributed by atoms with E-state index in [0.29, 0.717) is 6.54 Å². The highest BCUT2D eigenvalue weighted by molar-refractivity contribution is 5.94. The molecule has 1 aliphatic carbocycles. The van der Waals surface area contributed by atoms with E-state index in [1.54, 1.807) is 12.3 Å². The van der Waals surface area contributed by atoms with Crippen molar-refractivity contribution in [2.75, 3.05) is 13.1 Å². The number of nitrogens with two attached hydrogens (primary N) is 1. The van der Waals surface area contributed by atoms with Gasteiger partial charge in [0.2, 0.25) is 0 Å². The van der Waals surface area contributed by atoms with Gasteiger partial charge in [-0.2, -0.15) is 0 Å². The summed E-state index contributed by atoms with van der Waals surface area (Å²) in [4.78, 5) is 18.7. The van der Waals surface area contributed by atoms with E-state index in [9.17, 15) is 4.79 Å². The number of hydrogen-bond donors (Lipinski definition) is 1. The molecule has 110 valence electrons. The van der Waals surface area contributed by atoms with Crippen LogP contribution in [0.2, 0.25) is 0 Å². The molecule has 1 aliphatic heterocycles. The molecule has 1 amide bonds. The average molecular weight is 296 g/mol. The van der Waals surface area contributed by atoms with Gasteiger partial charge in [0.25, 0.3) is 5.91 Å². The summed E-state index contributed by atoms with van der Waals surface area (Å²) in [5.41, 5.74) is 7.09. The molecule has 2 N–H and O–H groups in total. The highest BCUT2D eigenvalue weighted by atomic mass is 35.5. The Bertz CT molecular complexity index is 466. The zero-order valence-electron chi connectivity index (χ0n) is 11.6. The van der Waals surface area contributed by atoms with E-state index in [-0.39, 0.29) is 18.3 Å². The van der Waals surface area contributed by atoms with Gasteiger partial charge in [0.1, 0.15) is 0 Å². The van der Waals surface area contributed by atoms with Crippen molar-refractivity contribution in [1.29, 1.82) is 0 Å². The van der Waals surface area contributed by atoms with Gasteiger partial charge < -0.3 is 10.6 Å². The average Bonchev–Trinajstić information content (AvgIpc) is 2.90. The van der Waals surface area contributed by atoms with E-state index in [0.717, 1.165) is 36.2 Å². The first-order chi connectivity index (χ1) is 9.28. The Morgan fingerprint density at radius 2 is 1.95 bits per heavy atom. The summed E-state index contributed by atoms with van der Waals surface area (Å²) in [5.74, 6) is 1.61. The van der Waals surface area contributed by atoms with Crippen LogP contribution >= 0.6 is 12.4 Å². The number of nitrogens with zero attached hydrogens (tertiary/aromatic N) is 2. The normalized spacial score (nSPS) is 24.9. The number of pyridine rings is 1. The third-order valence-electron chi connectivity index (χ3n) is 4.54. The summed E-state index contributed by atoms with van der Waals surface area (Å²) in [7, 11) is 0. The third kappa shape index (κ3) is 2.96. The lowest BCUT2D eigenvalue weighted by Crippen LogP contribution is -2.29. The summed E-state index contributed by atoms with van der Waals surface area (Å²) in [6.45, 7) is 2.25. The second-order valence-corrected chi connectivity index (χ2v) is 5.75. The first-order valence-corrected chi connectivity index (χ1v) is 7.22. The largest absolute Gasteiger partial charge is 0.338 e. The molecule has 1 aromatic heterocycles. The summed E-state index contributed by atoms with van der Waals surface area (Å²) in [5, 5.41) is 0. The Morgan fingerprint density at radius 3 is 2.55 bits per heavy atom. The van der Waals surface area contributed by atoms with Gasteiger partial charge in [-0.3, -0.25) is 9.78 Å². The van der Waals surface area contributed by atoms with Gasteiger partial charge >= 0.3 is 0 Å². The maximum Gasteiger partial charge on any atom is 0.253 e. The van der Waals surface area contributed by atoms with Crippen LogP contribution in [0.1, 0.15) is 41.7 Å². The summed E-state index contributed by atoms with van der Waals surface area (Å²) in [6.07, 6.45) is 6.92. The van der Waals surface area contributed by atoms with Gasteiger partial charge in [0.05, 0.1) is 5.69 Å². The molecule has 2 unspecified atom stereocenters. The monoisotopic (exact) mass is 295 g/mol. The molecule has 1 saturated heterocycles. The molecule has 0 radical (unpaired) electrons. The van der Waals surface area contributed by atoms with Crippen molar-refractivity contribution in [3.63, 3.8) is 0 Å². The van der Waals surface area contributed by atoms with E-state index in [4.69, 9.17) is 5.73 Å². The summed E-state index contributed by atoms with van der Waals surface area (Å²) >= 11 is 0. The minimum atomic E-state index is 0. The fourth-order valence-electron chi connectivity index (χ4n) is 3.48. The number of aromatic nitrogens is 1. The number of carbonyl (C=O) groups excluding carboxylic acids is 1. The molecule has 3 rings (SSSR count). The second kappa shape index (κ2) is 6.55. The fraction of sp³-hybridized carbons (Fsp3) is 0.600. The minimum Gasteiger partial charge on any atom is -0.338 e. The van der Waals surface area contributed by atoms with Crippen molar-refractivity contribution >= 4 is 18.3 Å². The van der Waals surface area contributed by atoms with Gasteiger partial charge in [0, 0.05) is 31.4 Å². The molecule has 4 nitrogen and oxygen atoms in total. The number of hydrogen-bond acceptors (Lipinski definition) is 3. The van der Waals surface area contributed by atoms with Crippen molar-refractivity contribution in [2.24, 2.45) is 17.6 Å². The van der Waals surface area contributed by atoms with Crippen molar-refractivity contribution in [2.45, 2.75) is 32.2 Å². The summed E-state index contributed by atoms with van der Waals surface area (Å²) in [6, 6.07) is 3.62. The molecule has 2 aliphatic rings. The van der Waals surface area contributed by atoms with Gasteiger partial charge in [-0.05, 0) is 36.8 Å². The highest BCUT2D eigenvalue weighted by Crippen LogP contribution is 2.36. The zero-order valence-corrected chi connectivity index (χ0v) is 12.4. The SMILES string of the molecule is Cl.NCc1cc(C(=O)N2CC3CCCCC3C2)ccn1. The number of carbonyl (C=O) groups is 1. The van der Waals surface area contributed by atoms with Crippen LogP contribution < -0.4 is 5.73 Å². The van der Waals surface area contributed by atoms with E-state index >= 15 is 0 Å². The predicted octanol–water partition coefficient (Wildman–Crippen LogP) is 2.22. The lowest BCUT2D eigenvalue weighted by Gasteiger charge is -2.22. The Balaban J connectivity index is 0.00000147. The standard InChI is InChI=1S/C15H21N3O.ClH/c16-8-14-7-11(5-6-17-14)15(19)18-9-12-3-1-2-4-13(12)10-18;/h5-7,12-13H,1-4,8-10,16H2;1H. The molecule has 1 aromatic rings. The Labute approximate surface area is 126 Å². The molecule has 0 bridgehead atoms. The third-order valence-corrected chi connectivity index (χ3v) is 4.54. The minimum absolute atomic E-state index is 0. The molecule has 0 aromatic carbocycles. The van der Waals surface area contributed by atoms with Crippen LogP contribution in [0.3, 0.4) is 0 Å². The number of fused-ring (bicyclic) bond motifs is 1. The fourth-order valence-corrected chi connectivity index (χ4v) is 3.48. The lowest BCUT2D eigenvalue weighted by molar-refractivity contribution is 0.0783. The van der Waals surface area contributed by atoms with Crippen LogP contribution in [-0.4, -0.2) is 28.9 Å². The van der Waals surface area contributed by atoms with Crippen LogP contribution in [0.4, 0.5) is 0 Å². The van der Waals surface area contributed by atoms with E-state index in [1.807, 2.05) is 11.0 Å². The van der Waals surface area contributed by atoms with Crippen LogP contribution in [0, 0.1) is 11.8 Å². The van der Waals surface area contributed by atoms with E-state index in [1.165, 1.54) is 25.7 Å². The first kappa shape index (κ1) is 15.3. The highest BCUT2D eigenvalue weighted by Gasteiger charge is 2.36. The number of halogens is 1. The summed E-state index contributed by atoms with van der Waals surface area (Å²) < 4.78 is 0. The smallest absolute Gasteiger partial charge is 0.253 e. The van der Waals surface area contributed by atoms with Crippen molar-refractivity contribution in [3.05, 3.63) is 29.6 Å². The van der Waals surface area contributed by atoms with Crippen molar-refractivity contribution in [1.82, 2.24) is 9.88 Å². The Hall–Kier alpha value is -1.13.